The fourth-order valence-electron chi connectivity index (χ4n) is 2.18. The molecule has 3 nitrogen and oxygen atoms in total. The number of nitrogens with two attached hydrogens (primary N) is 1. The fourth-order valence-corrected chi connectivity index (χ4v) is 2.33. The van der Waals surface area contributed by atoms with E-state index in [9.17, 15) is 0 Å². The number of likely N-dealkylation sites (N-methyl/N-ethyl adjacent to an activating group) is 2. The molecule has 0 radical (unpaired) electrons. The Morgan fingerprint density at radius 1 is 1.60 bits per heavy atom. The van der Waals surface area contributed by atoms with E-state index in [0.717, 1.165) is 25.4 Å². The van der Waals surface area contributed by atoms with Crippen LogP contribution in [-0.2, 0) is 0 Å². The first kappa shape index (κ1) is 12.9. The fraction of sp³-hybridized carbons (Fsp3) is 0.909. The molecule has 15 heavy (non-hydrogen) atoms. The molecule has 1 aliphatic heterocycles. The number of nitrogens with zero attached hydrogens (tertiary/aromatic N) is 2. The lowest BCUT2D eigenvalue weighted by Gasteiger charge is -2.25. The van der Waals surface area contributed by atoms with Crippen LogP contribution < -0.4 is 5.73 Å². The molecule has 0 amide bonds. The molecule has 88 valence electrons. The molecule has 0 aromatic carbocycles. The molecule has 0 spiro atoms. The van der Waals surface area contributed by atoms with Gasteiger partial charge in [-0.3, -0.25) is 0 Å². The van der Waals surface area contributed by atoms with Gasteiger partial charge >= 0.3 is 0 Å². The number of likely N-dealkylation sites (tertiary alicyclic amines) is 1. The third-order valence-corrected chi connectivity index (χ3v) is 3.36. The van der Waals surface area contributed by atoms with Crippen LogP contribution in [0, 0.1) is 0 Å². The Morgan fingerprint density at radius 3 is 2.87 bits per heavy atom. The third-order valence-electron chi connectivity index (χ3n) is 3.16. The van der Waals surface area contributed by atoms with Crippen molar-refractivity contribution < 1.29 is 0 Å². The highest BCUT2D eigenvalue weighted by Gasteiger charge is 2.21. The molecule has 4 heteroatoms. The molecule has 0 aromatic heterocycles. The van der Waals surface area contributed by atoms with Gasteiger partial charge in [0.2, 0.25) is 0 Å². The largest absolute Gasteiger partial charge is 0.393 e. The lowest BCUT2D eigenvalue weighted by Crippen LogP contribution is -2.37. The van der Waals surface area contributed by atoms with E-state index < -0.39 is 0 Å². The molecule has 1 fully saturated rings. The van der Waals surface area contributed by atoms with Gasteiger partial charge in [0, 0.05) is 12.6 Å². The van der Waals surface area contributed by atoms with Crippen LogP contribution in [0.25, 0.3) is 0 Å². The highest BCUT2D eigenvalue weighted by molar-refractivity contribution is 7.80. The van der Waals surface area contributed by atoms with Crippen molar-refractivity contribution in [3.63, 3.8) is 0 Å². The normalized spacial score (nSPS) is 22.5. The van der Waals surface area contributed by atoms with Crippen LogP contribution in [0.4, 0.5) is 0 Å². The number of hydrogen-bond acceptors (Lipinski definition) is 3. The zero-order chi connectivity index (χ0) is 11.3. The SMILES string of the molecule is CN(CCCC(N)=S)CC1CCCN1C. The van der Waals surface area contributed by atoms with E-state index in [1.54, 1.807) is 0 Å². The van der Waals surface area contributed by atoms with Crippen molar-refractivity contribution in [2.24, 2.45) is 5.73 Å². The summed E-state index contributed by atoms with van der Waals surface area (Å²) in [4.78, 5) is 5.50. The monoisotopic (exact) mass is 229 g/mol. The zero-order valence-electron chi connectivity index (χ0n) is 9.91. The Kier molecular flexibility index (Phi) is 5.50. The molecule has 1 atom stereocenters. The Bertz CT molecular complexity index is 208. The van der Waals surface area contributed by atoms with Gasteiger partial charge in [0.1, 0.15) is 0 Å². The van der Waals surface area contributed by atoms with Gasteiger partial charge in [0.15, 0.2) is 0 Å². The van der Waals surface area contributed by atoms with Gasteiger partial charge < -0.3 is 15.5 Å². The lowest BCUT2D eigenvalue weighted by molar-refractivity contribution is 0.219. The summed E-state index contributed by atoms with van der Waals surface area (Å²) in [5, 5.41) is 0. The average molecular weight is 229 g/mol. The van der Waals surface area contributed by atoms with E-state index in [1.165, 1.54) is 25.9 Å². The van der Waals surface area contributed by atoms with Crippen LogP contribution >= 0.6 is 12.2 Å². The van der Waals surface area contributed by atoms with Gasteiger partial charge in [-0.2, -0.15) is 0 Å². The highest BCUT2D eigenvalue weighted by atomic mass is 32.1. The molecular formula is C11H23N3S. The first-order valence-corrected chi connectivity index (χ1v) is 6.17. The van der Waals surface area contributed by atoms with Crippen LogP contribution in [0.15, 0.2) is 0 Å². The Balaban J connectivity index is 2.12. The van der Waals surface area contributed by atoms with Gasteiger partial charge in [-0.15, -0.1) is 0 Å². The van der Waals surface area contributed by atoms with Crippen molar-refractivity contribution >= 4 is 17.2 Å². The minimum Gasteiger partial charge on any atom is -0.393 e. The lowest BCUT2D eigenvalue weighted by atomic mass is 10.2. The summed E-state index contributed by atoms with van der Waals surface area (Å²) in [6.45, 7) is 3.53. The van der Waals surface area contributed by atoms with Crippen molar-refractivity contribution in [2.45, 2.75) is 31.7 Å². The molecule has 2 N–H and O–H groups in total. The molecule has 0 aromatic rings. The molecule has 1 saturated heterocycles. The van der Waals surface area contributed by atoms with Crippen molar-refractivity contribution in [1.29, 1.82) is 0 Å². The van der Waals surface area contributed by atoms with E-state index in [0.29, 0.717) is 4.99 Å². The molecule has 1 unspecified atom stereocenters. The quantitative estimate of drug-likeness (QED) is 0.691. The van der Waals surface area contributed by atoms with Crippen molar-refractivity contribution in [3.05, 3.63) is 0 Å². The van der Waals surface area contributed by atoms with Gasteiger partial charge in [0.05, 0.1) is 4.99 Å². The Labute approximate surface area is 98.6 Å². The Morgan fingerprint density at radius 2 is 2.33 bits per heavy atom. The van der Waals surface area contributed by atoms with Crippen LogP contribution in [0.3, 0.4) is 0 Å². The first-order chi connectivity index (χ1) is 7.09. The van der Waals surface area contributed by atoms with E-state index in [2.05, 4.69) is 23.9 Å². The van der Waals surface area contributed by atoms with E-state index >= 15 is 0 Å². The van der Waals surface area contributed by atoms with Crippen LogP contribution in [0.5, 0.6) is 0 Å². The third kappa shape index (κ3) is 4.91. The predicted octanol–water partition coefficient (Wildman–Crippen LogP) is 1.08. The number of hydrogen-bond donors (Lipinski definition) is 1. The number of rotatable bonds is 6. The summed E-state index contributed by atoms with van der Waals surface area (Å²) < 4.78 is 0. The maximum atomic E-state index is 5.47. The van der Waals surface area contributed by atoms with Crippen LogP contribution in [-0.4, -0.2) is 54.6 Å². The van der Waals surface area contributed by atoms with E-state index in [-0.39, 0.29) is 0 Å². The molecule has 0 aliphatic carbocycles. The predicted molar refractivity (Wildman–Crippen MR) is 69.2 cm³/mol. The van der Waals surface area contributed by atoms with Gasteiger partial charge in [-0.25, -0.2) is 0 Å². The topological polar surface area (TPSA) is 32.5 Å². The molecular weight excluding hydrogens is 206 g/mol. The summed E-state index contributed by atoms with van der Waals surface area (Å²) in [7, 11) is 4.41. The molecule has 1 aliphatic rings. The zero-order valence-corrected chi connectivity index (χ0v) is 10.7. The van der Waals surface area contributed by atoms with E-state index in [4.69, 9.17) is 18.0 Å². The minimum atomic E-state index is 0.640. The van der Waals surface area contributed by atoms with Crippen LogP contribution in [0.2, 0.25) is 0 Å². The smallest absolute Gasteiger partial charge is 0.0727 e. The van der Waals surface area contributed by atoms with E-state index in [1.807, 2.05) is 0 Å². The summed E-state index contributed by atoms with van der Waals surface area (Å²) in [5.74, 6) is 0. The Hall–Kier alpha value is -0.190. The van der Waals surface area contributed by atoms with Crippen LogP contribution in [0.1, 0.15) is 25.7 Å². The van der Waals surface area contributed by atoms with Gasteiger partial charge in [-0.1, -0.05) is 12.2 Å². The van der Waals surface area contributed by atoms with Gasteiger partial charge in [-0.05, 0) is 52.9 Å². The summed E-state index contributed by atoms with van der Waals surface area (Å²) in [5.41, 5.74) is 5.47. The summed E-state index contributed by atoms with van der Waals surface area (Å²) >= 11 is 4.86. The number of thiocarbonyl (C=S) groups is 1. The molecule has 0 saturated carbocycles. The second-order valence-corrected chi connectivity index (χ2v) is 5.13. The summed E-state index contributed by atoms with van der Waals surface area (Å²) in [6, 6.07) is 0.750. The van der Waals surface area contributed by atoms with Crippen molar-refractivity contribution in [2.75, 3.05) is 33.7 Å². The second kappa shape index (κ2) is 6.40. The maximum absolute atomic E-state index is 5.47. The molecule has 1 rings (SSSR count). The first-order valence-electron chi connectivity index (χ1n) is 5.76. The highest BCUT2D eigenvalue weighted by Crippen LogP contribution is 2.15. The van der Waals surface area contributed by atoms with Crippen molar-refractivity contribution in [1.82, 2.24) is 9.80 Å². The second-order valence-electron chi connectivity index (χ2n) is 4.61. The standard InChI is InChI=1S/C11H23N3S/c1-13(7-4-6-11(12)15)9-10-5-3-8-14(10)2/h10H,3-9H2,1-2H3,(H2,12,15). The van der Waals surface area contributed by atoms with Gasteiger partial charge in [0.25, 0.3) is 0 Å². The minimum absolute atomic E-state index is 0.640. The summed E-state index contributed by atoms with van der Waals surface area (Å²) in [6.07, 6.45) is 4.65. The maximum Gasteiger partial charge on any atom is 0.0727 e. The molecule has 1 heterocycles. The average Bonchev–Trinajstić information content (AvgIpc) is 2.51. The molecule has 0 bridgehead atoms. The van der Waals surface area contributed by atoms with Crippen molar-refractivity contribution in [3.8, 4) is 0 Å².